The second-order valence-electron chi connectivity index (χ2n) is 3.98. The molecule has 1 aliphatic rings. The molecule has 1 aromatic heterocycles. The maximum absolute atomic E-state index is 11.7. The van der Waals surface area contributed by atoms with Crippen LogP contribution in [0.15, 0.2) is 6.33 Å². The average molecular weight is 255 g/mol. The Morgan fingerprint density at radius 1 is 1.61 bits per heavy atom. The predicted octanol–water partition coefficient (Wildman–Crippen LogP) is -0.820. The van der Waals surface area contributed by atoms with Crippen LogP contribution in [0, 0.1) is 0 Å². The van der Waals surface area contributed by atoms with E-state index in [0.717, 1.165) is 0 Å². The van der Waals surface area contributed by atoms with E-state index in [1.807, 2.05) is 0 Å². The Labute approximate surface area is 102 Å². The highest BCUT2D eigenvalue weighted by Crippen LogP contribution is 2.19. The molecule has 9 heteroatoms. The van der Waals surface area contributed by atoms with Crippen LogP contribution >= 0.6 is 0 Å². The molecule has 2 amide bonds. The molecule has 1 fully saturated rings. The molecule has 2 heterocycles. The number of aromatic nitrogens is 3. The van der Waals surface area contributed by atoms with Crippen molar-refractivity contribution < 1.29 is 19.4 Å². The van der Waals surface area contributed by atoms with Gasteiger partial charge in [-0.2, -0.15) is 10.1 Å². The Morgan fingerprint density at radius 3 is 2.89 bits per heavy atom. The lowest BCUT2D eigenvalue weighted by molar-refractivity contribution is -0.144. The van der Waals surface area contributed by atoms with Crippen molar-refractivity contribution in [2.45, 2.75) is 12.0 Å². The number of carbonyl (C=O) groups excluding carboxylic acids is 1. The summed E-state index contributed by atoms with van der Waals surface area (Å²) < 4.78 is 6.38. The number of amides is 2. The molecule has 0 aliphatic carbocycles. The van der Waals surface area contributed by atoms with E-state index in [0.29, 0.717) is 6.61 Å². The molecule has 0 saturated carbocycles. The van der Waals surface area contributed by atoms with E-state index in [2.05, 4.69) is 20.7 Å². The molecule has 3 N–H and O–H groups in total. The second-order valence-corrected chi connectivity index (χ2v) is 3.98. The van der Waals surface area contributed by atoms with Gasteiger partial charge in [0.25, 0.3) is 0 Å². The fourth-order valence-corrected chi connectivity index (χ4v) is 1.65. The van der Waals surface area contributed by atoms with Gasteiger partial charge in [0.2, 0.25) is 5.95 Å². The standard InChI is InChI=1S/C9H13N5O4/c1-14-7(10-5-11-14)12-8(17)13-9(6(15)16)2-3-18-4-9/h5H,2-4H2,1H3,(H,15,16)(H2,10,11,12,13,17). The monoisotopic (exact) mass is 255 g/mol. The van der Waals surface area contributed by atoms with Crippen LogP contribution in [0.5, 0.6) is 0 Å². The second kappa shape index (κ2) is 4.61. The molecule has 0 radical (unpaired) electrons. The van der Waals surface area contributed by atoms with Gasteiger partial charge < -0.3 is 15.2 Å². The van der Waals surface area contributed by atoms with Gasteiger partial charge in [-0.15, -0.1) is 0 Å². The van der Waals surface area contributed by atoms with Crippen LogP contribution < -0.4 is 10.6 Å². The van der Waals surface area contributed by atoms with Crippen LogP contribution in [0.2, 0.25) is 0 Å². The SMILES string of the molecule is Cn1ncnc1NC(=O)NC1(C(=O)O)CCOC1. The van der Waals surface area contributed by atoms with Crippen LogP contribution in [0.1, 0.15) is 6.42 Å². The first kappa shape index (κ1) is 12.3. The van der Waals surface area contributed by atoms with Crippen molar-refractivity contribution in [1.82, 2.24) is 20.1 Å². The van der Waals surface area contributed by atoms with Crippen molar-refractivity contribution in [2.24, 2.45) is 7.05 Å². The number of urea groups is 1. The molecular weight excluding hydrogens is 242 g/mol. The van der Waals surface area contributed by atoms with Crippen LogP contribution in [0.3, 0.4) is 0 Å². The zero-order valence-electron chi connectivity index (χ0n) is 9.71. The van der Waals surface area contributed by atoms with Gasteiger partial charge in [-0.1, -0.05) is 0 Å². The van der Waals surface area contributed by atoms with Gasteiger partial charge in [-0.3, -0.25) is 5.32 Å². The molecule has 98 valence electrons. The van der Waals surface area contributed by atoms with Gasteiger partial charge in [0.15, 0.2) is 5.54 Å². The Morgan fingerprint density at radius 2 is 2.39 bits per heavy atom. The van der Waals surface area contributed by atoms with Crippen molar-refractivity contribution in [3.63, 3.8) is 0 Å². The van der Waals surface area contributed by atoms with Crippen molar-refractivity contribution >= 4 is 17.9 Å². The van der Waals surface area contributed by atoms with Gasteiger partial charge >= 0.3 is 12.0 Å². The molecule has 18 heavy (non-hydrogen) atoms. The number of hydrogen-bond donors (Lipinski definition) is 3. The molecular formula is C9H13N5O4. The molecule has 2 rings (SSSR count). The number of carboxylic acids is 1. The van der Waals surface area contributed by atoms with E-state index in [1.54, 1.807) is 7.05 Å². The first-order valence-electron chi connectivity index (χ1n) is 5.28. The number of aliphatic carboxylic acids is 1. The maximum atomic E-state index is 11.7. The highest BCUT2D eigenvalue weighted by atomic mass is 16.5. The number of carboxylic acid groups (broad SMARTS) is 1. The lowest BCUT2D eigenvalue weighted by atomic mass is 9.99. The summed E-state index contributed by atoms with van der Waals surface area (Å²) >= 11 is 0. The third-order valence-corrected chi connectivity index (χ3v) is 2.72. The Bertz CT molecular complexity index is 465. The molecule has 1 aliphatic heterocycles. The van der Waals surface area contributed by atoms with Gasteiger partial charge in [0.05, 0.1) is 6.61 Å². The van der Waals surface area contributed by atoms with Crippen LogP contribution in [0.25, 0.3) is 0 Å². The molecule has 1 saturated heterocycles. The van der Waals surface area contributed by atoms with E-state index in [9.17, 15) is 9.59 Å². The van der Waals surface area contributed by atoms with E-state index < -0.39 is 17.5 Å². The maximum Gasteiger partial charge on any atom is 0.332 e. The first-order chi connectivity index (χ1) is 8.53. The molecule has 0 bridgehead atoms. The lowest BCUT2D eigenvalue weighted by Gasteiger charge is -2.23. The summed E-state index contributed by atoms with van der Waals surface area (Å²) in [6.45, 7) is 0.255. The van der Waals surface area contributed by atoms with Crippen molar-refractivity contribution in [3.8, 4) is 0 Å². The third-order valence-electron chi connectivity index (χ3n) is 2.72. The zero-order valence-corrected chi connectivity index (χ0v) is 9.71. The molecule has 1 atom stereocenters. The van der Waals surface area contributed by atoms with E-state index in [4.69, 9.17) is 9.84 Å². The average Bonchev–Trinajstić information content (AvgIpc) is 2.90. The van der Waals surface area contributed by atoms with E-state index in [1.165, 1.54) is 11.0 Å². The largest absolute Gasteiger partial charge is 0.479 e. The number of aryl methyl sites for hydroxylation is 1. The Hall–Kier alpha value is -2.16. The summed E-state index contributed by atoms with van der Waals surface area (Å²) in [5.41, 5.74) is -1.37. The predicted molar refractivity (Wildman–Crippen MR) is 59.0 cm³/mol. The number of ether oxygens (including phenoxy) is 1. The normalized spacial score (nSPS) is 22.7. The first-order valence-corrected chi connectivity index (χ1v) is 5.28. The number of rotatable bonds is 3. The quantitative estimate of drug-likeness (QED) is 0.649. The zero-order chi connectivity index (χ0) is 13.2. The minimum absolute atomic E-state index is 0.0471. The van der Waals surface area contributed by atoms with Crippen LogP contribution in [-0.2, 0) is 16.6 Å². The molecule has 9 nitrogen and oxygen atoms in total. The van der Waals surface area contributed by atoms with Crippen molar-refractivity contribution in [3.05, 3.63) is 6.33 Å². The summed E-state index contributed by atoms with van der Waals surface area (Å²) in [6, 6.07) is -0.654. The number of nitrogens with one attached hydrogen (secondary N) is 2. The Balaban J connectivity index is 2.02. The number of anilines is 1. The fraction of sp³-hybridized carbons (Fsp3) is 0.556. The summed E-state index contributed by atoms with van der Waals surface area (Å²) in [4.78, 5) is 26.7. The summed E-state index contributed by atoms with van der Waals surface area (Å²) in [7, 11) is 1.61. The minimum Gasteiger partial charge on any atom is -0.479 e. The smallest absolute Gasteiger partial charge is 0.332 e. The molecule has 0 aromatic carbocycles. The third kappa shape index (κ3) is 2.25. The highest BCUT2D eigenvalue weighted by molar-refractivity contribution is 5.93. The molecule has 1 aromatic rings. The van der Waals surface area contributed by atoms with Gasteiger partial charge in [-0.25, -0.2) is 14.3 Å². The molecule has 0 spiro atoms. The van der Waals surface area contributed by atoms with E-state index >= 15 is 0 Å². The minimum atomic E-state index is -1.37. The van der Waals surface area contributed by atoms with Crippen molar-refractivity contribution in [1.29, 1.82) is 0 Å². The van der Waals surface area contributed by atoms with Crippen molar-refractivity contribution in [2.75, 3.05) is 18.5 Å². The van der Waals surface area contributed by atoms with Crippen LogP contribution in [-0.4, -0.2) is 50.6 Å². The van der Waals surface area contributed by atoms with E-state index in [-0.39, 0.29) is 19.0 Å². The number of carbonyl (C=O) groups is 2. The summed E-state index contributed by atoms with van der Waals surface area (Å²) in [6.07, 6.45) is 1.51. The highest BCUT2D eigenvalue weighted by Gasteiger charge is 2.44. The fourth-order valence-electron chi connectivity index (χ4n) is 1.65. The number of nitrogens with zero attached hydrogens (tertiary/aromatic N) is 3. The molecule has 1 unspecified atom stereocenters. The van der Waals surface area contributed by atoms with Gasteiger partial charge in [0, 0.05) is 20.1 Å². The van der Waals surface area contributed by atoms with Crippen LogP contribution in [0.4, 0.5) is 10.7 Å². The number of hydrogen-bond acceptors (Lipinski definition) is 5. The summed E-state index contributed by atoms with van der Waals surface area (Å²) in [5.74, 6) is -0.889. The Kier molecular flexibility index (Phi) is 3.15. The summed E-state index contributed by atoms with van der Waals surface area (Å²) in [5, 5.41) is 17.7. The van der Waals surface area contributed by atoms with Gasteiger partial charge in [0.1, 0.15) is 6.33 Å². The lowest BCUT2D eigenvalue weighted by Crippen LogP contribution is -2.56. The topological polar surface area (TPSA) is 118 Å². The van der Waals surface area contributed by atoms with Gasteiger partial charge in [-0.05, 0) is 0 Å².